The summed E-state index contributed by atoms with van der Waals surface area (Å²) in [5, 5.41) is 10.6. The van der Waals surface area contributed by atoms with E-state index < -0.39 is 6.10 Å². The second kappa shape index (κ2) is 9.88. The minimum absolute atomic E-state index is 0.147. The van der Waals surface area contributed by atoms with E-state index in [1.165, 1.54) is 12.0 Å². The van der Waals surface area contributed by atoms with Gasteiger partial charge in [-0.05, 0) is 49.6 Å². The van der Waals surface area contributed by atoms with Gasteiger partial charge in [0.1, 0.15) is 5.75 Å². The molecule has 27 heavy (non-hydrogen) atoms. The van der Waals surface area contributed by atoms with Crippen molar-refractivity contribution in [3.8, 4) is 5.75 Å². The average Bonchev–Trinajstić information content (AvgIpc) is 2.74. The molecule has 1 heterocycles. The quantitative estimate of drug-likeness (QED) is 0.775. The second-order valence-corrected chi connectivity index (χ2v) is 7.43. The van der Waals surface area contributed by atoms with E-state index in [1.54, 1.807) is 7.11 Å². The number of ether oxygens (including phenoxy) is 1. The van der Waals surface area contributed by atoms with Crippen LogP contribution < -0.4 is 4.74 Å². The van der Waals surface area contributed by atoms with Gasteiger partial charge in [-0.3, -0.25) is 4.90 Å². The van der Waals surface area contributed by atoms with E-state index in [-0.39, 0.29) is 6.04 Å². The van der Waals surface area contributed by atoms with E-state index in [1.807, 2.05) is 42.5 Å². The maximum Gasteiger partial charge on any atom is 0.118 e. The lowest BCUT2D eigenvalue weighted by molar-refractivity contribution is 0.0260. The number of hydrogen-bond donors (Lipinski definition) is 1. The highest BCUT2D eigenvalue weighted by Crippen LogP contribution is 2.22. The highest BCUT2D eigenvalue weighted by molar-refractivity contribution is 5.27. The summed E-state index contributed by atoms with van der Waals surface area (Å²) in [6, 6.07) is 18.5. The zero-order valence-corrected chi connectivity index (χ0v) is 16.6. The molecule has 146 valence electrons. The number of benzene rings is 2. The van der Waals surface area contributed by atoms with Gasteiger partial charge >= 0.3 is 0 Å². The number of hydrogen-bond acceptors (Lipinski definition) is 4. The minimum atomic E-state index is -0.423. The van der Waals surface area contributed by atoms with Crippen molar-refractivity contribution < 1.29 is 9.84 Å². The van der Waals surface area contributed by atoms with Crippen LogP contribution in [0.5, 0.6) is 5.75 Å². The van der Waals surface area contributed by atoms with Crippen LogP contribution in [-0.4, -0.2) is 60.8 Å². The van der Waals surface area contributed by atoms with Gasteiger partial charge in [0.25, 0.3) is 0 Å². The van der Waals surface area contributed by atoms with Crippen molar-refractivity contribution in [2.75, 3.05) is 39.8 Å². The van der Waals surface area contributed by atoms with E-state index in [9.17, 15) is 5.11 Å². The predicted molar refractivity (Wildman–Crippen MR) is 110 cm³/mol. The van der Waals surface area contributed by atoms with Crippen LogP contribution in [0.2, 0.25) is 0 Å². The number of aliphatic hydroxyl groups is 1. The molecule has 1 aliphatic rings. The Morgan fingerprint density at radius 2 is 1.63 bits per heavy atom. The monoisotopic (exact) mass is 368 g/mol. The average molecular weight is 369 g/mol. The Labute approximate surface area is 163 Å². The van der Waals surface area contributed by atoms with Gasteiger partial charge in [-0.2, -0.15) is 0 Å². The minimum Gasteiger partial charge on any atom is -0.497 e. The van der Waals surface area contributed by atoms with Crippen molar-refractivity contribution in [1.29, 1.82) is 0 Å². The molecule has 0 saturated carbocycles. The molecule has 4 heteroatoms. The van der Waals surface area contributed by atoms with Gasteiger partial charge in [0.2, 0.25) is 0 Å². The van der Waals surface area contributed by atoms with Crippen molar-refractivity contribution in [2.45, 2.75) is 31.9 Å². The Morgan fingerprint density at radius 1 is 0.963 bits per heavy atom. The maximum absolute atomic E-state index is 10.6. The predicted octanol–water partition coefficient (Wildman–Crippen LogP) is 3.37. The number of aryl methyl sites for hydroxylation is 1. The smallest absolute Gasteiger partial charge is 0.118 e. The fourth-order valence-electron chi connectivity index (χ4n) is 3.82. The zero-order chi connectivity index (χ0) is 19.1. The SMILES string of the molecule is COc1ccc(CCCN2CCN(C(C)C(O)c3ccccc3)CC2)cc1. The summed E-state index contributed by atoms with van der Waals surface area (Å²) >= 11 is 0. The van der Waals surface area contributed by atoms with Gasteiger partial charge in [0, 0.05) is 32.2 Å². The van der Waals surface area contributed by atoms with Crippen molar-refractivity contribution in [3.63, 3.8) is 0 Å². The summed E-state index contributed by atoms with van der Waals surface area (Å²) in [6.07, 6.45) is 1.86. The zero-order valence-electron chi connectivity index (χ0n) is 16.6. The van der Waals surface area contributed by atoms with Crippen molar-refractivity contribution in [1.82, 2.24) is 9.80 Å². The highest BCUT2D eigenvalue weighted by atomic mass is 16.5. The standard InChI is InChI=1S/C23H32N2O2/c1-19(23(26)21-8-4-3-5-9-21)25-17-15-24(16-18-25)14-6-7-20-10-12-22(27-2)13-11-20/h3-5,8-13,19,23,26H,6-7,14-18H2,1-2H3. The van der Waals surface area contributed by atoms with Gasteiger partial charge in [0.05, 0.1) is 13.2 Å². The molecule has 2 aromatic carbocycles. The summed E-state index contributed by atoms with van der Waals surface area (Å²) in [7, 11) is 1.70. The summed E-state index contributed by atoms with van der Waals surface area (Å²) in [5.74, 6) is 0.918. The molecule has 0 amide bonds. The summed E-state index contributed by atoms with van der Waals surface area (Å²) in [4.78, 5) is 4.96. The molecule has 2 atom stereocenters. The summed E-state index contributed by atoms with van der Waals surface area (Å²) in [5.41, 5.74) is 2.38. The van der Waals surface area contributed by atoms with Crippen LogP contribution in [0.4, 0.5) is 0 Å². The molecular weight excluding hydrogens is 336 g/mol. The Kier molecular flexibility index (Phi) is 7.27. The first-order valence-corrected chi connectivity index (χ1v) is 9.99. The van der Waals surface area contributed by atoms with E-state index >= 15 is 0 Å². The molecule has 1 N–H and O–H groups in total. The Morgan fingerprint density at radius 3 is 2.26 bits per heavy atom. The lowest BCUT2D eigenvalue weighted by Crippen LogP contribution is -2.51. The van der Waals surface area contributed by atoms with Crippen LogP contribution in [0.15, 0.2) is 54.6 Å². The fourth-order valence-corrected chi connectivity index (χ4v) is 3.82. The molecule has 0 spiro atoms. The Hall–Kier alpha value is -1.88. The van der Waals surface area contributed by atoms with Crippen LogP contribution >= 0.6 is 0 Å². The van der Waals surface area contributed by atoms with E-state index in [4.69, 9.17) is 4.74 Å². The van der Waals surface area contributed by atoms with Crippen molar-refractivity contribution in [3.05, 3.63) is 65.7 Å². The molecule has 1 aliphatic heterocycles. The van der Waals surface area contributed by atoms with Crippen LogP contribution in [0.1, 0.15) is 30.6 Å². The molecular formula is C23H32N2O2. The van der Waals surface area contributed by atoms with Crippen molar-refractivity contribution >= 4 is 0 Å². The first-order valence-electron chi connectivity index (χ1n) is 9.99. The van der Waals surface area contributed by atoms with E-state index in [0.29, 0.717) is 0 Å². The third kappa shape index (κ3) is 5.55. The van der Waals surface area contributed by atoms with Crippen LogP contribution in [0, 0.1) is 0 Å². The number of rotatable bonds is 8. The molecule has 1 fully saturated rings. The van der Waals surface area contributed by atoms with Gasteiger partial charge in [-0.1, -0.05) is 42.5 Å². The molecule has 1 saturated heterocycles. The molecule has 2 unspecified atom stereocenters. The van der Waals surface area contributed by atoms with Gasteiger partial charge < -0.3 is 14.7 Å². The maximum atomic E-state index is 10.6. The number of piperazine rings is 1. The van der Waals surface area contributed by atoms with Crippen LogP contribution in [-0.2, 0) is 6.42 Å². The second-order valence-electron chi connectivity index (χ2n) is 7.43. The molecule has 3 rings (SSSR count). The number of methoxy groups -OCH3 is 1. The Bertz CT molecular complexity index is 667. The van der Waals surface area contributed by atoms with Gasteiger partial charge in [-0.15, -0.1) is 0 Å². The summed E-state index contributed by atoms with van der Waals surface area (Å²) in [6.45, 7) is 7.47. The third-order valence-electron chi connectivity index (χ3n) is 5.68. The lowest BCUT2D eigenvalue weighted by atomic mass is 10.0. The molecule has 0 bridgehead atoms. The molecule has 0 aromatic heterocycles. The molecule has 0 aliphatic carbocycles. The molecule has 4 nitrogen and oxygen atoms in total. The number of nitrogens with zero attached hydrogens (tertiary/aromatic N) is 2. The first kappa shape index (κ1) is 19.9. The number of aliphatic hydroxyl groups excluding tert-OH is 1. The fraction of sp³-hybridized carbons (Fsp3) is 0.478. The largest absolute Gasteiger partial charge is 0.497 e. The first-order chi connectivity index (χ1) is 13.2. The Balaban J connectivity index is 1.39. The third-order valence-corrected chi connectivity index (χ3v) is 5.68. The lowest BCUT2D eigenvalue weighted by Gasteiger charge is -2.39. The van der Waals surface area contributed by atoms with E-state index in [0.717, 1.165) is 50.5 Å². The molecule has 2 aromatic rings. The summed E-state index contributed by atoms with van der Waals surface area (Å²) < 4.78 is 5.21. The van der Waals surface area contributed by atoms with E-state index in [2.05, 4.69) is 28.9 Å². The molecule has 0 radical (unpaired) electrons. The topological polar surface area (TPSA) is 35.9 Å². The highest BCUT2D eigenvalue weighted by Gasteiger charge is 2.26. The van der Waals surface area contributed by atoms with Gasteiger partial charge in [0.15, 0.2) is 0 Å². The van der Waals surface area contributed by atoms with Crippen LogP contribution in [0.25, 0.3) is 0 Å². The van der Waals surface area contributed by atoms with Crippen LogP contribution in [0.3, 0.4) is 0 Å². The van der Waals surface area contributed by atoms with Crippen molar-refractivity contribution in [2.24, 2.45) is 0 Å². The van der Waals surface area contributed by atoms with Gasteiger partial charge in [-0.25, -0.2) is 0 Å². The normalized spacial score (nSPS) is 18.2.